The first-order valence-corrected chi connectivity index (χ1v) is 8.27. The summed E-state index contributed by atoms with van der Waals surface area (Å²) in [6, 6.07) is 12.1. The Morgan fingerprint density at radius 3 is 2.33 bits per heavy atom. The van der Waals surface area contributed by atoms with E-state index in [2.05, 4.69) is 19.1 Å². The maximum atomic E-state index is 6.08. The van der Waals surface area contributed by atoms with E-state index in [1.54, 1.807) is 14.2 Å². The quantitative estimate of drug-likeness (QED) is 0.802. The summed E-state index contributed by atoms with van der Waals surface area (Å²) in [7, 11) is 3.35. The third-order valence-corrected chi connectivity index (χ3v) is 4.23. The predicted octanol–water partition coefficient (Wildman–Crippen LogP) is 3.70. The molecule has 0 aliphatic carbocycles. The monoisotopic (exact) mass is 329 g/mol. The van der Waals surface area contributed by atoms with Crippen LogP contribution in [-0.4, -0.2) is 27.4 Å². The molecule has 0 aliphatic heterocycles. The Balaban J connectivity index is 2.29. The molecule has 2 rings (SSSR count). The number of rotatable bonds is 8. The van der Waals surface area contributed by atoms with Crippen molar-refractivity contribution >= 4 is 0 Å². The Labute approximate surface area is 144 Å². The molecular weight excluding hydrogens is 302 g/mol. The van der Waals surface area contributed by atoms with Crippen LogP contribution in [0.3, 0.4) is 0 Å². The Morgan fingerprint density at radius 2 is 1.75 bits per heavy atom. The Bertz CT molecular complexity index is 670. The van der Waals surface area contributed by atoms with Crippen molar-refractivity contribution in [2.75, 3.05) is 27.4 Å². The molecule has 0 fully saturated rings. The minimum Gasteiger partial charge on any atom is -0.497 e. The Kier molecular flexibility index (Phi) is 6.50. The number of hydrogen-bond donors (Lipinski definition) is 1. The molecule has 2 aromatic carbocycles. The van der Waals surface area contributed by atoms with Crippen LogP contribution in [0.4, 0.5) is 0 Å². The molecule has 130 valence electrons. The molecule has 1 unspecified atom stereocenters. The van der Waals surface area contributed by atoms with Crippen molar-refractivity contribution in [3.63, 3.8) is 0 Å². The molecule has 4 heteroatoms. The highest BCUT2D eigenvalue weighted by atomic mass is 16.5. The summed E-state index contributed by atoms with van der Waals surface area (Å²) in [6.45, 7) is 5.32. The van der Waals surface area contributed by atoms with Crippen molar-refractivity contribution in [3.05, 3.63) is 53.1 Å². The largest absolute Gasteiger partial charge is 0.497 e. The van der Waals surface area contributed by atoms with Crippen molar-refractivity contribution in [2.45, 2.75) is 26.2 Å². The van der Waals surface area contributed by atoms with E-state index in [1.165, 1.54) is 11.1 Å². The van der Waals surface area contributed by atoms with Crippen LogP contribution in [0.5, 0.6) is 17.2 Å². The van der Waals surface area contributed by atoms with E-state index >= 15 is 0 Å². The van der Waals surface area contributed by atoms with Crippen LogP contribution in [0.1, 0.15) is 29.5 Å². The minimum absolute atomic E-state index is 0.210. The molecule has 0 amide bonds. The zero-order valence-electron chi connectivity index (χ0n) is 15.0. The molecular formula is C20H27NO3. The van der Waals surface area contributed by atoms with E-state index in [0.29, 0.717) is 13.2 Å². The van der Waals surface area contributed by atoms with Crippen LogP contribution >= 0.6 is 0 Å². The zero-order chi connectivity index (χ0) is 17.5. The van der Waals surface area contributed by atoms with Gasteiger partial charge in [0.1, 0.15) is 17.2 Å². The second kappa shape index (κ2) is 8.60. The van der Waals surface area contributed by atoms with Crippen molar-refractivity contribution in [2.24, 2.45) is 5.73 Å². The molecule has 2 N–H and O–H groups in total. The smallest absolute Gasteiger partial charge is 0.122 e. The predicted molar refractivity (Wildman–Crippen MR) is 97.4 cm³/mol. The maximum absolute atomic E-state index is 6.08. The standard InChI is InChI=1S/C20H27NO3/c1-5-24-18-6-8-19(14(2)10-18)16(13-21)11-15-12-17(22-3)7-9-20(15)23-4/h6-10,12,16H,5,11,13,21H2,1-4H3. The van der Waals surface area contributed by atoms with Crippen molar-refractivity contribution in [3.8, 4) is 17.2 Å². The lowest BCUT2D eigenvalue weighted by molar-refractivity contribution is 0.340. The molecule has 0 saturated heterocycles. The molecule has 0 saturated carbocycles. The number of ether oxygens (including phenoxy) is 3. The summed E-state index contributed by atoms with van der Waals surface area (Å²) in [5.41, 5.74) is 9.61. The van der Waals surface area contributed by atoms with Crippen LogP contribution < -0.4 is 19.9 Å². The molecule has 0 aromatic heterocycles. The van der Waals surface area contributed by atoms with Crippen LogP contribution in [0.25, 0.3) is 0 Å². The first-order chi connectivity index (χ1) is 11.6. The van der Waals surface area contributed by atoms with Crippen molar-refractivity contribution in [1.82, 2.24) is 0 Å². The van der Waals surface area contributed by atoms with Gasteiger partial charge >= 0.3 is 0 Å². The van der Waals surface area contributed by atoms with E-state index < -0.39 is 0 Å². The highest BCUT2D eigenvalue weighted by Crippen LogP contribution is 2.31. The lowest BCUT2D eigenvalue weighted by atomic mass is 9.88. The van der Waals surface area contributed by atoms with Gasteiger partial charge in [-0.2, -0.15) is 0 Å². The number of aryl methyl sites for hydroxylation is 1. The SMILES string of the molecule is CCOc1ccc(C(CN)Cc2cc(OC)ccc2OC)c(C)c1. The Hall–Kier alpha value is -2.20. The van der Waals surface area contributed by atoms with Gasteiger partial charge in [-0.25, -0.2) is 0 Å². The zero-order valence-corrected chi connectivity index (χ0v) is 15.0. The van der Waals surface area contributed by atoms with Crippen molar-refractivity contribution in [1.29, 1.82) is 0 Å². The number of nitrogens with two attached hydrogens (primary N) is 1. The molecule has 24 heavy (non-hydrogen) atoms. The topological polar surface area (TPSA) is 53.7 Å². The normalized spacial score (nSPS) is 11.9. The van der Waals surface area contributed by atoms with Crippen LogP contribution in [-0.2, 0) is 6.42 Å². The summed E-state index contributed by atoms with van der Waals surface area (Å²) < 4.78 is 16.4. The summed E-state index contributed by atoms with van der Waals surface area (Å²) in [4.78, 5) is 0. The first-order valence-electron chi connectivity index (χ1n) is 8.27. The molecule has 1 atom stereocenters. The summed E-state index contributed by atoms with van der Waals surface area (Å²) in [6.07, 6.45) is 0.797. The number of benzene rings is 2. The van der Waals surface area contributed by atoms with Crippen LogP contribution in [0, 0.1) is 6.92 Å². The van der Waals surface area contributed by atoms with Gasteiger partial charge < -0.3 is 19.9 Å². The second-order valence-corrected chi connectivity index (χ2v) is 5.77. The third kappa shape index (κ3) is 4.20. The molecule has 0 aliphatic rings. The van der Waals surface area contributed by atoms with Gasteiger partial charge in [-0.3, -0.25) is 0 Å². The first kappa shape index (κ1) is 18.1. The fourth-order valence-corrected chi connectivity index (χ4v) is 2.99. The van der Waals surface area contributed by atoms with E-state index in [1.807, 2.05) is 31.2 Å². The van der Waals surface area contributed by atoms with Gasteiger partial charge in [0.15, 0.2) is 0 Å². The van der Waals surface area contributed by atoms with E-state index in [4.69, 9.17) is 19.9 Å². The number of hydrogen-bond acceptors (Lipinski definition) is 4. The molecule has 0 bridgehead atoms. The van der Waals surface area contributed by atoms with Gasteiger partial charge in [-0.1, -0.05) is 6.07 Å². The summed E-state index contributed by atoms with van der Waals surface area (Å²) in [5.74, 6) is 2.79. The van der Waals surface area contributed by atoms with Crippen LogP contribution in [0.15, 0.2) is 36.4 Å². The highest BCUT2D eigenvalue weighted by molar-refractivity contribution is 5.43. The van der Waals surface area contributed by atoms with Gasteiger partial charge in [-0.15, -0.1) is 0 Å². The fraction of sp³-hybridized carbons (Fsp3) is 0.400. The molecule has 0 radical (unpaired) electrons. The maximum Gasteiger partial charge on any atom is 0.122 e. The van der Waals surface area contributed by atoms with E-state index in [9.17, 15) is 0 Å². The fourth-order valence-electron chi connectivity index (χ4n) is 2.99. The van der Waals surface area contributed by atoms with Crippen molar-refractivity contribution < 1.29 is 14.2 Å². The molecule has 0 heterocycles. The lowest BCUT2D eigenvalue weighted by Crippen LogP contribution is -2.16. The van der Waals surface area contributed by atoms with Crippen LogP contribution in [0.2, 0.25) is 0 Å². The summed E-state index contributed by atoms with van der Waals surface area (Å²) in [5, 5.41) is 0. The molecule has 4 nitrogen and oxygen atoms in total. The Morgan fingerprint density at radius 1 is 1.00 bits per heavy atom. The van der Waals surface area contributed by atoms with E-state index in [-0.39, 0.29) is 5.92 Å². The van der Waals surface area contributed by atoms with Gasteiger partial charge in [0, 0.05) is 5.92 Å². The highest BCUT2D eigenvalue weighted by Gasteiger charge is 2.17. The molecule has 0 spiro atoms. The van der Waals surface area contributed by atoms with Gasteiger partial charge in [0.05, 0.1) is 20.8 Å². The summed E-state index contributed by atoms with van der Waals surface area (Å²) >= 11 is 0. The average Bonchev–Trinajstić information content (AvgIpc) is 2.60. The van der Waals surface area contributed by atoms with E-state index in [0.717, 1.165) is 29.2 Å². The lowest BCUT2D eigenvalue weighted by Gasteiger charge is -2.20. The van der Waals surface area contributed by atoms with Gasteiger partial charge in [0.25, 0.3) is 0 Å². The minimum atomic E-state index is 0.210. The molecule has 2 aromatic rings. The second-order valence-electron chi connectivity index (χ2n) is 5.77. The average molecular weight is 329 g/mol. The number of methoxy groups -OCH3 is 2. The van der Waals surface area contributed by atoms with Gasteiger partial charge in [0.2, 0.25) is 0 Å². The van der Waals surface area contributed by atoms with Gasteiger partial charge in [-0.05, 0) is 73.8 Å². The third-order valence-electron chi connectivity index (χ3n) is 4.23.